The number of esters is 1. The standard InChI is InChI=1S/C20H17ClN2O5/c1-2-11-28-20(27)12-3-7-14(8-4-12)23-18(25)16(21)17(19(23)26)22-13-5-9-15(24)10-6-13/h3-10,22,24H,2,11H2,1H3. The second-order valence-electron chi connectivity index (χ2n) is 5.99. The summed E-state index contributed by atoms with van der Waals surface area (Å²) in [7, 11) is 0. The SMILES string of the molecule is CCCOC(=O)c1ccc(N2C(=O)C(Cl)=C(Nc3ccc(O)cc3)C2=O)cc1. The first kappa shape index (κ1) is 19.4. The van der Waals surface area contributed by atoms with Gasteiger partial charge < -0.3 is 15.2 Å². The zero-order valence-corrected chi connectivity index (χ0v) is 15.7. The molecule has 0 unspecified atom stereocenters. The number of nitrogens with zero attached hydrogens (tertiary/aromatic N) is 1. The second-order valence-corrected chi connectivity index (χ2v) is 6.37. The van der Waals surface area contributed by atoms with Crippen molar-refractivity contribution in [3.05, 3.63) is 64.8 Å². The molecule has 0 atom stereocenters. The molecular weight excluding hydrogens is 384 g/mol. The number of anilines is 2. The number of amides is 2. The van der Waals surface area contributed by atoms with Crippen LogP contribution in [-0.2, 0) is 14.3 Å². The normalized spacial score (nSPS) is 13.9. The molecule has 144 valence electrons. The molecule has 2 amide bonds. The van der Waals surface area contributed by atoms with Crippen molar-refractivity contribution >= 4 is 40.8 Å². The van der Waals surface area contributed by atoms with Crippen LogP contribution in [0.5, 0.6) is 5.75 Å². The first-order chi connectivity index (χ1) is 13.4. The van der Waals surface area contributed by atoms with Crippen molar-refractivity contribution in [2.24, 2.45) is 0 Å². The van der Waals surface area contributed by atoms with E-state index in [-0.39, 0.29) is 22.2 Å². The van der Waals surface area contributed by atoms with E-state index in [0.29, 0.717) is 24.3 Å². The molecule has 3 rings (SSSR count). The Kier molecular flexibility index (Phi) is 5.65. The van der Waals surface area contributed by atoms with Gasteiger partial charge in [-0.05, 0) is 55.0 Å². The van der Waals surface area contributed by atoms with Crippen LogP contribution < -0.4 is 10.2 Å². The maximum Gasteiger partial charge on any atom is 0.338 e. The van der Waals surface area contributed by atoms with Gasteiger partial charge in [-0.15, -0.1) is 0 Å². The molecule has 8 heteroatoms. The number of rotatable bonds is 6. The molecule has 0 aromatic heterocycles. The first-order valence-electron chi connectivity index (χ1n) is 8.54. The summed E-state index contributed by atoms with van der Waals surface area (Å²) in [6.45, 7) is 2.21. The van der Waals surface area contributed by atoms with E-state index in [1.54, 1.807) is 12.1 Å². The molecule has 1 aliphatic rings. The van der Waals surface area contributed by atoms with Gasteiger partial charge >= 0.3 is 5.97 Å². The molecule has 2 N–H and O–H groups in total. The molecule has 28 heavy (non-hydrogen) atoms. The lowest BCUT2D eigenvalue weighted by atomic mass is 10.2. The van der Waals surface area contributed by atoms with Gasteiger partial charge in [-0.25, -0.2) is 9.69 Å². The number of benzene rings is 2. The maximum atomic E-state index is 12.7. The molecule has 0 fully saturated rings. The number of hydrogen-bond acceptors (Lipinski definition) is 6. The summed E-state index contributed by atoms with van der Waals surface area (Å²) in [4.78, 5) is 38.0. The van der Waals surface area contributed by atoms with E-state index < -0.39 is 17.8 Å². The number of halogens is 1. The lowest BCUT2D eigenvalue weighted by molar-refractivity contribution is -0.120. The maximum absolute atomic E-state index is 12.7. The van der Waals surface area contributed by atoms with Crippen LogP contribution in [0, 0.1) is 0 Å². The van der Waals surface area contributed by atoms with E-state index >= 15 is 0 Å². The van der Waals surface area contributed by atoms with Crippen molar-refractivity contribution < 1.29 is 24.2 Å². The summed E-state index contributed by atoms with van der Waals surface area (Å²) < 4.78 is 5.05. The summed E-state index contributed by atoms with van der Waals surface area (Å²) in [5.74, 6) is -1.70. The number of hydrogen-bond donors (Lipinski definition) is 2. The zero-order valence-electron chi connectivity index (χ0n) is 14.9. The number of phenols is 1. The molecule has 0 spiro atoms. The fourth-order valence-corrected chi connectivity index (χ4v) is 2.77. The predicted octanol–water partition coefficient (Wildman–Crippen LogP) is 3.39. The van der Waals surface area contributed by atoms with Crippen LogP contribution in [-0.4, -0.2) is 29.5 Å². The third kappa shape index (κ3) is 3.84. The Morgan fingerprint density at radius 2 is 1.71 bits per heavy atom. The Morgan fingerprint density at radius 3 is 2.32 bits per heavy atom. The highest BCUT2D eigenvalue weighted by Crippen LogP contribution is 2.30. The van der Waals surface area contributed by atoms with E-state index in [9.17, 15) is 19.5 Å². The van der Waals surface area contributed by atoms with E-state index in [2.05, 4.69) is 5.32 Å². The molecule has 1 heterocycles. The van der Waals surface area contributed by atoms with Gasteiger partial charge in [-0.3, -0.25) is 9.59 Å². The van der Waals surface area contributed by atoms with Gasteiger partial charge in [-0.1, -0.05) is 18.5 Å². The van der Waals surface area contributed by atoms with Gasteiger partial charge in [0.1, 0.15) is 16.5 Å². The van der Waals surface area contributed by atoms with E-state index in [0.717, 1.165) is 4.90 Å². The zero-order chi connectivity index (χ0) is 20.3. The average molecular weight is 401 g/mol. The smallest absolute Gasteiger partial charge is 0.338 e. The molecule has 0 saturated heterocycles. The fourth-order valence-electron chi connectivity index (χ4n) is 2.56. The molecule has 0 aliphatic carbocycles. The van der Waals surface area contributed by atoms with E-state index in [4.69, 9.17) is 16.3 Å². The molecule has 7 nitrogen and oxygen atoms in total. The van der Waals surface area contributed by atoms with Crippen LogP contribution in [0.4, 0.5) is 11.4 Å². The van der Waals surface area contributed by atoms with Crippen LogP contribution in [0.2, 0.25) is 0 Å². The molecule has 0 bridgehead atoms. The summed E-state index contributed by atoms with van der Waals surface area (Å²) in [6, 6.07) is 11.9. The molecular formula is C20H17ClN2O5. The van der Waals surface area contributed by atoms with Crippen molar-refractivity contribution in [2.45, 2.75) is 13.3 Å². The van der Waals surface area contributed by atoms with Crippen molar-refractivity contribution in [1.29, 1.82) is 0 Å². The van der Waals surface area contributed by atoms with Gasteiger partial charge in [0, 0.05) is 5.69 Å². The Hall–Kier alpha value is -3.32. The van der Waals surface area contributed by atoms with Crippen LogP contribution in [0.3, 0.4) is 0 Å². The van der Waals surface area contributed by atoms with Crippen molar-refractivity contribution in [3.63, 3.8) is 0 Å². The number of aromatic hydroxyl groups is 1. The van der Waals surface area contributed by atoms with Crippen LogP contribution in [0.25, 0.3) is 0 Å². The van der Waals surface area contributed by atoms with Gasteiger partial charge in [-0.2, -0.15) is 0 Å². The third-order valence-electron chi connectivity index (χ3n) is 3.96. The highest BCUT2D eigenvalue weighted by Gasteiger charge is 2.39. The Morgan fingerprint density at radius 1 is 1.07 bits per heavy atom. The number of carbonyl (C=O) groups is 3. The van der Waals surface area contributed by atoms with Gasteiger partial charge in [0.25, 0.3) is 11.8 Å². The quantitative estimate of drug-likeness (QED) is 0.438. The first-order valence-corrected chi connectivity index (χ1v) is 8.92. The van der Waals surface area contributed by atoms with Crippen LogP contribution >= 0.6 is 11.6 Å². The van der Waals surface area contributed by atoms with Crippen molar-refractivity contribution in [2.75, 3.05) is 16.8 Å². The molecule has 1 aliphatic heterocycles. The molecule has 2 aromatic carbocycles. The fraction of sp³-hybridized carbons (Fsp3) is 0.150. The summed E-state index contributed by atoms with van der Waals surface area (Å²) in [6.07, 6.45) is 0.710. The summed E-state index contributed by atoms with van der Waals surface area (Å²) in [5, 5.41) is 11.9. The average Bonchev–Trinajstić information content (AvgIpc) is 2.91. The molecule has 0 radical (unpaired) electrons. The number of nitrogens with one attached hydrogen (secondary N) is 1. The van der Waals surface area contributed by atoms with Gasteiger partial charge in [0.2, 0.25) is 0 Å². The number of phenolic OH excluding ortho intramolecular Hbond substituents is 1. The number of imide groups is 1. The summed E-state index contributed by atoms with van der Waals surface area (Å²) in [5.41, 5.74) is 1.02. The Bertz CT molecular complexity index is 952. The Labute approximate surface area is 166 Å². The molecule has 2 aromatic rings. The lowest BCUT2D eigenvalue weighted by Gasteiger charge is -2.15. The molecule has 0 saturated carbocycles. The van der Waals surface area contributed by atoms with E-state index in [1.807, 2.05) is 6.92 Å². The van der Waals surface area contributed by atoms with E-state index in [1.165, 1.54) is 36.4 Å². The third-order valence-corrected chi connectivity index (χ3v) is 4.31. The minimum atomic E-state index is -0.672. The van der Waals surface area contributed by atoms with Crippen LogP contribution in [0.15, 0.2) is 59.3 Å². The van der Waals surface area contributed by atoms with Crippen molar-refractivity contribution in [1.82, 2.24) is 0 Å². The van der Waals surface area contributed by atoms with Crippen LogP contribution in [0.1, 0.15) is 23.7 Å². The minimum Gasteiger partial charge on any atom is -0.508 e. The van der Waals surface area contributed by atoms with Gasteiger partial charge in [0.15, 0.2) is 0 Å². The highest BCUT2D eigenvalue weighted by atomic mass is 35.5. The summed E-state index contributed by atoms with van der Waals surface area (Å²) >= 11 is 6.07. The lowest BCUT2D eigenvalue weighted by Crippen LogP contribution is -2.32. The topological polar surface area (TPSA) is 95.9 Å². The highest BCUT2D eigenvalue weighted by molar-refractivity contribution is 6.53. The predicted molar refractivity (Wildman–Crippen MR) is 104 cm³/mol. The number of carbonyl (C=O) groups excluding carboxylic acids is 3. The van der Waals surface area contributed by atoms with Gasteiger partial charge in [0.05, 0.1) is 17.9 Å². The second kappa shape index (κ2) is 8.14. The van der Waals surface area contributed by atoms with Crippen molar-refractivity contribution in [3.8, 4) is 5.75 Å². The largest absolute Gasteiger partial charge is 0.508 e. The number of ether oxygens (including phenoxy) is 1. The Balaban J connectivity index is 1.79. The monoisotopic (exact) mass is 400 g/mol. The minimum absolute atomic E-state index is 0.0659.